The Hall–Kier alpha value is -3.30. The van der Waals surface area contributed by atoms with Crippen LogP contribution >= 0.6 is 0 Å². The molecule has 0 atom stereocenters. The Bertz CT molecular complexity index is 986. The van der Waals surface area contributed by atoms with Gasteiger partial charge in [0.05, 0.1) is 24.4 Å². The Morgan fingerprint density at radius 1 is 1.25 bits per heavy atom. The number of amides is 1. The molecule has 0 radical (unpaired) electrons. The van der Waals surface area contributed by atoms with E-state index >= 15 is 0 Å². The van der Waals surface area contributed by atoms with Gasteiger partial charge in [-0.2, -0.15) is 18.3 Å². The van der Waals surface area contributed by atoms with Crippen LogP contribution in [0.5, 0.6) is 5.88 Å². The number of hydrogen-bond acceptors (Lipinski definition) is 5. The van der Waals surface area contributed by atoms with E-state index in [2.05, 4.69) is 15.6 Å². The van der Waals surface area contributed by atoms with Crippen LogP contribution in [0.1, 0.15) is 28.2 Å². The Morgan fingerprint density at radius 3 is 2.86 bits per heavy atom. The summed E-state index contributed by atoms with van der Waals surface area (Å²) in [4.78, 5) is 12.3. The lowest BCUT2D eigenvalue weighted by atomic mass is 10.0. The van der Waals surface area contributed by atoms with Gasteiger partial charge in [0.15, 0.2) is 11.5 Å². The van der Waals surface area contributed by atoms with E-state index in [1.807, 2.05) is 0 Å². The van der Waals surface area contributed by atoms with Gasteiger partial charge >= 0.3 is 6.18 Å². The van der Waals surface area contributed by atoms with Crippen molar-refractivity contribution in [2.75, 3.05) is 6.61 Å². The molecule has 0 unspecified atom stereocenters. The lowest BCUT2D eigenvalue weighted by Gasteiger charge is -2.13. The average molecular weight is 392 g/mol. The van der Waals surface area contributed by atoms with Crippen molar-refractivity contribution in [3.05, 3.63) is 53.3 Å². The Balaban J connectivity index is 1.47. The molecule has 7 nitrogen and oxygen atoms in total. The van der Waals surface area contributed by atoms with E-state index in [-0.39, 0.29) is 23.6 Å². The molecule has 1 aliphatic heterocycles. The lowest BCUT2D eigenvalue weighted by molar-refractivity contribution is -0.137. The molecule has 1 N–H and O–H groups in total. The first-order valence-corrected chi connectivity index (χ1v) is 8.53. The molecule has 1 aliphatic rings. The van der Waals surface area contributed by atoms with Crippen LogP contribution in [0.2, 0.25) is 0 Å². The molecule has 0 saturated heterocycles. The van der Waals surface area contributed by atoms with Crippen LogP contribution in [0.3, 0.4) is 0 Å². The van der Waals surface area contributed by atoms with Gasteiger partial charge in [-0.15, -0.1) is 0 Å². The minimum absolute atomic E-state index is 0.118. The van der Waals surface area contributed by atoms with Crippen LogP contribution in [0.25, 0.3) is 11.3 Å². The monoisotopic (exact) mass is 392 g/mol. The molecule has 3 aromatic rings. The number of carbonyl (C=O) groups is 1. The van der Waals surface area contributed by atoms with Crippen molar-refractivity contribution >= 4 is 5.91 Å². The molecule has 146 valence electrons. The maximum Gasteiger partial charge on any atom is 0.417 e. The third-order valence-corrected chi connectivity index (χ3v) is 4.23. The van der Waals surface area contributed by atoms with E-state index in [0.717, 1.165) is 19.0 Å². The fourth-order valence-electron chi connectivity index (χ4n) is 2.92. The summed E-state index contributed by atoms with van der Waals surface area (Å²) in [6.45, 7) is 1.50. The number of halogens is 3. The van der Waals surface area contributed by atoms with Crippen LogP contribution < -0.4 is 10.1 Å². The molecule has 4 rings (SSSR count). The van der Waals surface area contributed by atoms with Crippen LogP contribution in [0, 0.1) is 0 Å². The molecule has 28 heavy (non-hydrogen) atoms. The quantitative estimate of drug-likeness (QED) is 0.737. The maximum atomic E-state index is 13.1. The minimum Gasteiger partial charge on any atom is -0.478 e. The molecule has 0 bridgehead atoms. The van der Waals surface area contributed by atoms with Crippen LogP contribution in [-0.2, 0) is 19.3 Å². The molecule has 0 fully saturated rings. The molecule has 10 heteroatoms. The topological polar surface area (TPSA) is 82.2 Å². The first-order chi connectivity index (χ1) is 13.4. The number of ether oxygens (including phenoxy) is 1. The van der Waals surface area contributed by atoms with Gasteiger partial charge in [0.1, 0.15) is 0 Å². The lowest BCUT2D eigenvalue weighted by Crippen LogP contribution is -2.23. The zero-order chi connectivity index (χ0) is 19.7. The number of nitrogens with zero attached hydrogens (tertiary/aromatic N) is 3. The number of benzene rings is 1. The first kappa shape index (κ1) is 18.1. The predicted octanol–water partition coefficient (Wildman–Crippen LogP) is 3.27. The summed E-state index contributed by atoms with van der Waals surface area (Å²) in [6, 6.07) is 7.86. The molecular weight excluding hydrogens is 377 g/mol. The van der Waals surface area contributed by atoms with Crippen molar-refractivity contribution in [2.24, 2.45) is 0 Å². The van der Waals surface area contributed by atoms with Gasteiger partial charge in [-0.1, -0.05) is 23.4 Å². The van der Waals surface area contributed by atoms with Gasteiger partial charge in [-0.3, -0.25) is 4.79 Å². The fourth-order valence-corrected chi connectivity index (χ4v) is 2.92. The van der Waals surface area contributed by atoms with E-state index in [4.69, 9.17) is 9.26 Å². The highest BCUT2D eigenvalue weighted by molar-refractivity contribution is 5.93. The van der Waals surface area contributed by atoms with Crippen LogP contribution in [0.15, 0.2) is 40.9 Å². The number of nitrogens with one attached hydrogen (secondary N) is 1. The van der Waals surface area contributed by atoms with Crippen molar-refractivity contribution in [1.82, 2.24) is 20.3 Å². The van der Waals surface area contributed by atoms with Gasteiger partial charge in [0, 0.05) is 30.7 Å². The van der Waals surface area contributed by atoms with E-state index in [0.29, 0.717) is 18.2 Å². The molecule has 0 aliphatic carbocycles. The number of aryl methyl sites for hydroxylation is 1. The van der Waals surface area contributed by atoms with E-state index in [9.17, 15) is 18.0 Å². The number of carbonyl (C=O) groups excluding carboxylic acids is 1. The van der Waals surface area contributed by atoms with Crippen molar-refractivity contribution in [3.8, 4) is 17.2 Å². The molecule has 3 heterocycles. The van der Waals surface area contributed by atoms with Crippen molar-refractivity contribution in [3.63, 3.8) is 0 Å². The van der Waals surface area contributed by atoms with Crippen molar-refractivity contribution in [1.29, 1.82) is 0 Å². The number of fused-ring (bicyclic) bond motifs is 1. The summed E-state index contributed by atoms with van der Waals surface area (Å²) in [6.07, 6.45) is -3.68. The SMILES string of the molecule is O=C(NCc1cc2n(n1)CCCO2)c1cc(-c2ccccc2C(F)(F)F)on1. The molecule has 1 aromatic carbocycles. The zero-order valence-corrected chi connectivity index (χ0v) is 14.5. The first-order valence-electron chi connectivity index (χ1n) is 8.53. The highest BCUT2D eigenvalue weighted by Crippen LogP contribution is 2.37. The zero-order valence-electron chi connectivity index (χ0n) is 14.5. The van der Waals surface area contributed by atoms with Crippen molar-refractivity contribution in [2.45, 2.75) is 25.7 Å². The second-order valence-corrected chi connectivity index (χ2v) is 6.20. The summed E-state index contributed by atoms with van der Waals surface area (Å²) < 4.78 is 51.6. The Kier molecular flexibility index (Phi) is 4.54. The number of alkyl halides is 3. The minimum atomic E-state index is -4.55. The normalized spacial score (nSPS) is 13.7. The van der Waals surface area contributed by atoms with Gasteiger partial charge < -0.3 is 14.6 Å². The van der Waals surface area contributed by atoms with E-state index < -0.39 is 17.6 Å². The van der Waals surface area contributed by atoms with Gasteiger partial charge in [-0.05, 0) is 6.07 Å². The van der Waals surface area contributed by atoms with Crippen molar-refractivity contribution < 1.29 is 27.2 Å². The number of aromatic nitrogens is 3. The third kappa shape index (κ3) is 3.57. The van der Waals surface area contributed by atoms with E-state index in [1.54, 1.807) is 10.7 Å². The third-order valence-electron chi connectivity index (χ3n) is 4.23. The second kappa shape index (κ2) is 7.02. The highest BCUT2D eigenvalue weighted by atomic mass is 19.4. The molecule has 0 saturated carbocycles. The molecule has 1 amide bonds. The van der Waals surface area contributed by atoms with Gasteiger partial charge in [-0.25, -0.2) is 4.68 Å². The predicted molar refractivity (Wildman–Crippen MR) is 90.5 cm³/mol. The Labute approximate surface area is 157 Å². The number of hydrogen-bond donors (Lipinski definition) is 1. The summed E-state index contributed by atoms with van der Waals surface area (Å²) in [5.74, 6) is -0.0710. The maximum absolute atomic E-state index is 13.1. The average Bonchev–Trinajstić information content (AvgIpc) is 3.32. The largest absolute Gasteiger partial charge is 0.478 e. The molecule has 2 aromatic heterocycles. The highest BCUT2D eigenvalue weighted by Gasteiger charge is 2.34. The van der Waals surface area contributed by atoms with Crippen LogP contribution in [-0.4, -0.2) is 27.5 Å². The van der Waals surface area contributed by atoms with Gasteiger partial charge in [0.2, 0.25) is 5.88 Å². The summed E-state index contributed by atoms with van der Waals surface area (Å²) >= 11 is 0. The summed E-state index contributed by atoms with van der Waals surface area (Å²) in [5.41, 5.74) is -0.550. The summed E-state index contributed by atoms with van der Waals surface area (Å²) in [7, 11) is 0. The standard InChI is InChI=1S/C18H15F3N4O3/c19-18(20,21)13-5-2-1-4-12(13)15-9-14(24-28-15)17(26)22-10-11-8-16-25(23-11)6-3-7-27-16/h1-2,4-5,8-9H,3,6-7,10H2,(H,22,26). The van der Waals surface area contributed by atoms with E-state index in [1.165, 1.54) is 24.3 Å². The number of rotatable bonds is 4. The smallest absolute Gasteiger partial charge is 0.417 e. The van der Waals surface area contributed by atoms with Gasteiger partial charge in [0.25, 0.3) is 5.91 Å². The molecular formula is C18H15F3N4O3. The molecule has 0 spiro atoms. The van der Waals surface area contributed by atoms with Crippen LogP contribution in [0.4, 0.5) is 13.2 Å². The summed E-state index contributed by atoms with van der Waals surface area (Å²) in [5, 5.41) is 10.5. The Morgan fingerprint density at radius 2 is 2.07 bits per heavy atom. The second-order valence-electron chi connectivity index (χ2n) is 6.20. The fraction of sp³-hybridized carbons (Fsp3) is 0.278.